The number of carboxylic acids is 1. The van der Waals surface area contributed by atoms with E-state index < -0.39 is 21.0 Å². The third kappa shape index (κ3) is 2.82. The van der Waals surface area contributed by atoms with Crippen molar-refractivity contribution >= 4 is 27.7 Å². The first-order valence-electron chi connectivity index (χ1n) is 5.40. The Morgan fingerprint density at radius 2 is 1.70 bits per heavy atom. The number of hydrogen-bond donors (Lipinski definition) is 2. The maximum atomic E-state index is 11.4. The van der Waals surface area contributed by atoms with Crippen molar-refractivity contribution < 1.29 is 22.9 Å². The second-order valence-corrected chi connectivity index (χ2v) is 5.77. The van der Waals surface area contributed by atoms with Crippen LogP contribution in [-0.4, -0.2) is 24.0 Å². The van der Waals surface area contributed by atoms with Crippen LogP contribution < -0.4 is 0 Å². The number of halogens is 1. The normalized spacial score (nSPS) is 11.3. The minimum atomic E-state index is -4.49. The van der Waals surface area contributed by atoms with Gasteiger partial charge >= 0.3 is 5.97 Å². The van der Waals surface area contributed by atoms with Gasteiger partial charge in [0.15, 0.2) is 0 Å². The molecule has 0 aliphatic heterocycles. The van der Waals surface area contributed by atoms with Crippen molar-refractivity contribution in [2.24, 2.45) is 0 Å². The second kappa shape index (κ2) is 5.24. The lowest BCUT2D eigenvalue weighted by Crippen LogP contribution is -2.04. The number of rotatable bonds is 3. The van der Waals surface area contributed by atoms with E-state index in [1.807, 2.05) is 0 Å². The van der Waals surface area contributed by atoms with Crippen LogP contribution in [0.5, 0.6) is 0 Å². The maximum Gasteiger partial charge on any atom is 0.335 e. The van der Waals surface area contributed by atoms with Gasteiger partial charge in [0, 0.05) is 16.1 Å². The van der Waals surface area contributed by atoms with Gasteiger partial charge in [-0.25, -0.2) is 4.79 Å². The Morgan fingerprint density at radius 1 is 1.05 bits per heavy atom. The van der Waals surface area contributed by atoms with E-state index in [2.05, 4.69) is 0 Å². The maximum absolute atomic E-state index is 11.4. The van der Waals surface area contributed by atoms with Crippen LogP contribution in [0.4, 0.5) is 0 Å². The molecular formula is C13H9ClO5S. The van der Waals surface area contributed by atoms with Gasteiger partial charge in [0.05, 0.1) is 5.56 Å². The fourth-order valence-corrected chi connectivity index (χ4v) is 2.70. The van der Waals surface area contributed by atoms with Gasteiger partial charge in [-0.1, -0.05) is 29.8 Å². The molecule has 0 fully saturated rings. The van der Waals surface area contributed by atoms with Crippen molar-refractivity contribution in [3.8, 4) is 11.1 Å². The third-order valence-corrected chi connectivity index (χ3v) is 3.91. The topological polar surface area (TPSA) is 91.7 Å². The van der Waals surface area contributed by atoms with Gasteiger partial charge in [-0.2, -0.15) is 8.42 Å². The van der Waals surface area contributed by atoms with Gasteiger partial charge in [-0.3, -0.25) is 4.55 Å². The number of aromatic carboxylic acids is 1. The van der Waals surface area contributed by atoms with Crippen LogP contribution in [-0.2, 0) is 10.1 Å². The van der Waals surface area contributed by atoms with E-state index in [1.54, 1.807) is 12.1 Å². The van der Waals surface area contributed by atoms with Gasteiger partial charge in [0.2, 0.25) is 0 Å². The molecule has 104 valence electrons. The Kier molecular flexibility index (Phi) is 3.80. The monoisotopic (exact) mass is 312 g/mol. The van der Waals surface area contributed by atoms with Crippen molar-refractivity contribution in [2.45, 2.75) is 4.90 Å². The molecule has 2 aromatic rings. The Morgan fingerprint density at radius 3 is 2.25 bits per heavy atom. The molecule has 0 aliphatic rings. The van der Waals surface area contributed by atoms with Crippen LogP contribution in [0.2, 0.25) is 5.02 Å². The zero-order valence-corrected chi connectivity index (χ0v) is 11.5. The number of carboxylic acid groups (broad SMARTS) is 1. The molecule has 5 nitrogen and oxygen atoms in total. The SMILES string of the molecule is O=C(O)c1ccc(S(=O)(=O)O)c(-c2ccccc2Cl)c1. The minimum Gasteiger partial charge on any atom is -0.478 e. The van der Waals surface area contributed by atoms with E-state index in [-0.39, 0.29) is 16.1 Å². The fourth-order valence-electron chi connectivity index (χ4n) is 1.78. The van der Waals surface area contributed by atoms with Crippen LogP contribution in [0, 0.1) is 0 Å². The predicted molar refractivity (Wildman–Crippen MR) is 73.7 cm³/mol. The van der Waals surface area contributed by atoms with E-state index >= 15 is 0 Å². The molecule has 0 aromatic heterocycles. The van der Waals surface area contributed by atoms with Gasteiger partial charge < -0.3 is 5.11 Å². The van der Waals surface area contributed by atoms with Crippen LogP contribution in [0.1, 0.15) is 10.4 Å². The predicted octanol–water partition coefficient (Wildman–Crippen LogP) is 2.95. The molecule has 0 bridgehead atoms. The minimum absolute atomic E-state index is 0.0398. The molecule has 20 heavy (non-hydrogen) atoms. The van der Waals surface area contributed by atoms with Crippen LogP contribution in [0.3, 0.4) is 0 Å². The van der Waals surface area contributed by atoms with Crippen molar-refractivity contribution in [3.63, 3.8) is 0 Å². The van der Waals surface area contributed by atoms with Crippen molar-refractivity contribution in [2.75, 3.05) is 0 Å². The van der Waals surface area contributed by atoms with Crippen LogP contribution in [0.25, 0.3) is 11.1 Å². The summed E-state index contributed by atoms with van der Waals surface area (Å²) in [6.07, 6.45) is 0. The zero-order valence-electron chi connectivity index (χ0n) is 9.95. The molecule has 0 spiro atoms. The summed E-state index contributed by atoms with van der Waals surface area (Å²) in [7, 11) is -4.49. The van der Waals surface area contributed by atoms with E-state index in [1.165, 1.54) is 12.1 Å². The summed E-state index contributed by atoms with van der Waals surface area (Å²) >= 11 is 5.99. The van der Waals surface area contributed by atoms with E-state index in [4.69, 9.17) is 16.7 Å². The molecule has 0 heterocycles. The number of carbonyl (C=O) groups is 1. The zero-order chi connectivity index (χ0) is 14.9. The lowest BCUT2D eigenvalue weighted by Gasteiger charge is -2.10. The van der Waals surface area contributed by atoms with Crippen molar-refractivity contribution in [1.82, 2.24) is 0 Å². The largest absolute Gasteiger partial charge is 0.478 e. The Bertz CT molecular complexity index is 783. The van der Waals surface area contributed by atoms with Gasteiger partial charge in [0.25, 0.3) is 10.1 Å². The molecule has 2 N–H and O–H groups in total. The Labute approximate surface area is 120 Å². The highest BCUT2D eigenvalue weighted by Crippen LogP contribution is 2.33. The molecule has 0 radical (unpaired) electrons. The number of hydrogen-bond acceptors (Lipinski definition) is 3. The lowest BCUT2D eigenvalue weighted by atomic mass is 10.0. The Hall–Kier alpha value is -1.89. The third-order valence-electron chi connectivity index (χ3n) is 2.67. The fraction of sp³-hybridized carbons (Fsp3) is 0. The highest BCUT2D eigenvalue weighted by Gasteiger charge is 2.20. The average Bonchev–Trinajstić information content (AvgIpc) is 2.37. The first kappa shape index (κ1) is 14.5. The molecule has 2 rings (SSSR count). The first-order chi connectivity index (χ1) is 9.30. The summed E-state index contributed by atoms with van der Waals surface area (Å²) < 4.78 is 32.0. The van der Waals surface area contributed by atoms with Gasteiger partial charge in [0.1, 0.15) is 4.90 Å². The molecule has 2 aromatic carbocycles. The molecule has 0 aliphatic carbocycles. The molecule has 0 unspecified atom stereocenters. The van der Waals surface area contributed by atoms with E-state index in [9.17, 15) is 17.8 Å². The summed E-state index contributed by atoms with van der Waals surface area (Å²) in [6, 6.07) is 9.66. The van der Waals surface area contributed by atoms with Gasteiger partial charge in [-0.15, -0.1) is 0 Å². The molecule has 0 saturated carbocycles. The molecule has 0 atom stereocenters. The Balaban J connectivity index is 2.81. The summed E-state index contributed by atoms with van der Waals surface area (Å²) in [5.41, 5.74) is 0.259. The summed E-state index contributed by atoms with van der Waals surface area (Å²) in [4.78, 5) is 10.6. The smallest absolute Gasteiger partial charge is 0.335 e. The highest BCUT2D eigenvalue weighted by atomic mass is 35.5. The second-order valence-electron chi connectivity index (χ2n) is 3.97. The summed E-state index contributed by atoms with van der Waals surface area (Å²) in [6.45, 7) is 0. The van der Waals surface area contributed by atoms with Crippen molar-refractivity contribution in [3.05, 3.63) is 53.1 Å². The van der Waals surface area contributed by atoms with Crippen molar-refractivity contribution in [1.29, 1.82) is 0 Å². The molecule has 7 heteroatoms. The number of benzene rings is 2. The van der Waals surface area contributed by atoms with Crippen LogP contribution in [0.15, 0.2) is 47.4 Å². The first-order valence-corrected chi connectivity index (χ1v) is 7.22. The van der Waals surface area contributed by atoms with E-state index in [0.29, 0.717) is 5.56 Å². The highest BCUT2D eigenvalue weighted by molar-refractivity contribution is 7.86. The van der Waals surface area contributed by atoms with Gasteiger partial charge in [-0.05, 0) is 24.3 Å². The molecule has 0 saturated heterocycles. The van der Waals surface area contributed by atoms with E-state index in [0.717, 1.165) is 18.2 Å². The summed E-state index contributed by atoms with van der Waals surface area (Å²) in [5, 5.41) is 9.22. The standard InChI is InChI=1S/C13H9ClO5S/c14-11-4-2-1-3-9(11)10-7-8(13(15)16)5-6-12(10)20(17,18)19/h1-7H,(H,15,16)(H,17,18,19). The van der Waals surface area contributed by atoms with Crippen LogP contribution >= 0.6 is 11.6 Å². The lowest BCUT2D eigenvalue weighted by molar-refractivity contribution is 0.0697. The summed E-state index contributed by atoms with van der Waals surface area (Å²) in [5.74, 6) is -1.21. The molecule has 0 amide bonds. The average molecular weight is 313 g/mol. The quantitative estimate of drug-likeness (QED) is 0.850. The molecular weight excluding hydrogens is 304 g/mol.